The Kier molecular flexibility index (Phi) is 4.84. The van der Waals surface area contributed by atoms with Crippen molar-refractivity contribution in [2.75, 3.05) is 25.2 Å². The zero-order chi connectivity index (χ0) is 11.3. The summed E-state index contributed by atoms with van der Waals surface area (Å²) in [5.41, 5.74) is 0. The number of nitrogens with zero attached hydrogens (tertiary/aromatic N) is 3. The Morgan fingerprint density at radius 2 is 2.20 bits per heavy atom. The molecule has 1 rings (SSSR count). The smallest absolute Gasteiger partial charge is 0.318 e. The fourth-order valence-corrected chi connectivity index (χ4v) is 1.29. The van der Waals surface area contributed by atoms with Gasteiger partial charge in [0.25, 0.3) is 0 Å². The van der Waals surface area contributed by atoms with Gasteiger partial charge in [0.1, 0.15) is 5.88 Å². The molecule has 0 aromatic carbocycles. The maximum Gasteiger partial charge on any atom is 0.318 e. The molecule has 0 unspecified atom stereocenters. The van der Waals surface area contributed by atoms with Crippen LogP contribution in [-0.4, -0.2) is 36.5 Å². The first kappa shape index (κ1) is 12.3. The lowest BCUT2D eigenvalue weighted by atomic mass is 10.3. The highest BCUT2D eigenvalue weighted by atomic mass is 35.5. The summed E-state index contributed by atoms with van der Waals surface area (Å²) in [5.74, 6) is 0.679. The molecule has 0 amide bonds. The van der Waals surface area contributed by atoms with E-state index in [2.05, 4.69) is 24.0 Å². The van der Waals surface area contributed by atoms with Crippen LogP contribution in [0.1, 0.15) is 19.7 Å². The predicted octanol–water partition coefficient (Wildman–Crippen LogP) is 1.67. The third-order valence-electron chi connectivity index (χ3n) is 1.98. The van der Waals surface area contributed by atoms with Gasteiger partial charge in [-0.05, 0) is 13.8 Å². The van der Waals surface area contributed by atoms with Gasteiger partial charge in [-0.2, -0.15) is 0 Å². The zero-order valence-corrected chi connectivity index (χ0v) is 9.99. The third kappa shape index (κ3) is 3.35. The Morgan fingerprint density at radius 3 is 2.67 bits per heavy atom. The molecule has 0 aliphatic rings. The Balaban J connectivity index is 2.70. The molecule has 0 spiro atoms. The number of methoxy groups -OCH3 is 1. The lowest BCUT2D eigenvalue weighted by Gasteiger charge is -2.23. The van der Waals surface area contributed by atoms with Crippen LogP contribution < -0.4 is 4.90 Å². The van der Waals surface area contributed by atoms with Gasteiger partial charge in [0, 0.05) is 19.7 Å². The van der Waals surface area contributed by atoms with E-state index in [1.165, 1.54) is 0 Å². The van der Waals surface area contributed by atoms with Gasteiger partial charge in [-0.1, -0.05) is 5.10 Å². The van der Waals surface area contributed by atoms with Crippen molar-refractivity contribution in [2.45, 2.75) is 25.8 Å². The second kappa shape index (κ2) is 5.92. The SMILES string of the molecule is COCCN(c1nnc(CCl)o1)C(C)C. The van der Waals surface area contributed by atoms with Crippen LogP contribution in [0, 0.1) is 0 Å². The first-order chi connectivity index (χ1) is 7.19. The number of alkyl halides is 1. The van der Waals surface area contributed by atoms with Crippen LogP contribution in [0.5, 0.6) is 0 Å². The van der Waals surface area contributed by atoms with Crippen LogP contribution in [0.15, 0.2) is 4.42 Å². The van der Waals surface area contributed by atoms with Gasteiger partial charge < -0.3 is 14.1 Å². The van der Waals surface area contributed by atoms with Crippen LogP contribution in [0.25, 0.3) is 0 Å². The van der Waals surface area contributed by atoms with Crippen LogP contribution in [-0.2, 0) is 10.6 Å². The molecule has 6 heteroatoms. The predicted molar refractivity (Wildman–Crippen MR) is 58.2 cm³/mol. The topological polar surface area (TPSA) is 51.4 Å². The third-order valence-corrected chi connectivity index (χ3v) is 2.20. The van der Waals surface area contributed by atoms with Crippen LogP contribution in [0.3, 0.4) is 0 Å². The minimum Gasteiger partial charge on any atom is -0.407 e. The minimum atomic E-state index is 0.239. The van der Waals surface area contributed by atoms with Gasteiger partial charge in [0.15, 0.2) is 0 Å². The fourth-order valence-electron chi connectivity index (χ4n) is 1.18. The molecule has 0 saturated heterocycles. The van der Waals surface area contributed by atoms with Crippen molar-refractivity contribution in [2.24, 2.45) is 0 Å². The van der Waals surface area contributed by atoms with Crippen molar-refractivity contribution in [3.05, 3.63) is 5.89 Å². The average Bonchev–Trinajstić information content (AvgIpc) is 2.66. The van der Waals surface area contributed by atoms with E-state index in [1.54, 1.807) is 7.11 Å². The molecule has 1 aromatic rings. The van der Waals surface area contributed by atoms with E-state index in [0.717, 1.165) is 6.54 Å². The second-order valence-electron chi connectivity index (χ2n) is 3.39. The van der Waals surface area contributed by atoms with E-state index in [9.17, 15) is 0 Å². The van der Waals surface area contributed by atoms with Gasteiger partial charge in [-0.15, -0.1) is 16.7 Å². The Hall–Kier alpha value is -0.810. The number of rotatable bonds is 6. The standard InChI is InChI=1S/C9H16ClN3O2/c1-7(2)13(4-5-14-3)9-12-11-8(6-10)15-9/h7H,4-6H2,1-3H3. The molecule has 0 fully saturated rings. The Labute approximate surface area is 94.4 Å². The molecule has 0 aliphatic carbocycles. The fraction of sp³-hybridized carbons (Fsp3) is 0.778. The number of anilines is 1. The molecule has 0 atom stereocenters. The van der Waals surface area contributed by atoms with Gasteiger partial charge in [-0.25, -0.2) is 0 Å². The lowest BCUT2D eigenvalue weighted by Crippen LogP contribution is -2.34. The zero-order valence-electron chi connectivity index (χ0n) is 9.23. The largest absolute Gasteiger partial charge is 0.407 e. The summed E-state index contributed by atoms with van der Waals surface area (Å²) in [6, 6.07) is 0.779. The number of hydrogen-bond acceptors (Lipinski definition) is 5. The van der Waals surface area contributed by atoms with E-state index >= 15 is 0 Å². The van der Waals surface area contributed by atoms with E-state index in [-0.39, 0.29) is 11.9 Å². The van der Waals surface area contributed by atoms with E-state index in [0.29, 0.717) is 18.5 Å². The maximum atomic E-state index is 5.59. The Morgan fingerprint density at radius 1 is 1.47 bits per heavy atom. The molecule has 0 saturated carbocycles. The normalized spacial score (nSPS) is 11.0. The van der Waals surface area contributed by atoms with Gasteiger partial charge in [0.2, 0.25) is 5.89 Å². The van der Waals surface area contributed by atoms with Crippen molar-refractivity contribution >= 4 is 17.6 Å². The highest BCUT2D eigenvalue weighted by molar-refractivity contribution is 6.16. The molecule has 5 nitrogen and oxygen atoms in total. The summed E-state index contributed by atoms with van der Waals surface area (Å²) in [6.45, 7) is 5.45. The molecular weight excluding hydrogens is 218 g/mol. The molecule has 0 bridgehead atoms. The summed E-state index contributed by atoms with van der Waals surface area (Å²) < 4.78 is 10.4. The molecule has 0 aliphatic heterocycles. The monoisotopic (exact) mass is 233 g/mol. The average molecular weight is 234 g/mol. The second-order valence-corrected chi connectivity index (χ2v) is 3.66. The van der Waals surface area contributed by atoms with Crippen molar-refractivity contribution < 1.29 is 9.15 Å². The summed E-state index contributed by atoms with van der Waals surface area (Å²) in [4.78, 5) is 1.98. The van der Waals surface area contributed by atoms with Crippen LogP contribution in [0.2, 0.25) is 0 Å². The number of ether oxygens (including phenoxy) is 1. The van der Waals surface area contributed by atoms with Gasteiger partial charge in [-0.3, -0.25) is 0 Å². The van der Waals surface area contributed by atoms with Crippen molar-refractivity contribution in [1.29, 1.82) is 0 Å². The highest BCUT2D eigenvalue weighted by Gasteiger charge is 2.16. The van der Waals surface area contributed by atoms with Gasteiger partial charge >= 0.3 is 6.01 Å². The van der Waals surface area contributed by atoms with E-state index in [4.69, 9.17) is 20.8 Å². The molecule has 0 N–H and O–H groups in total. The molecule has 1 heterocycles. The van der Waals surface area contributed by atoms with Gasteiger partial charge in [0.05, 0.1) is 6.61 Å². The summed E-state index contributed by atoms with van der Waals surface area (Å²) in [5, 5.41) is 7.75. The lowest BCUT2D eigenvalue weighted by molar-refractivity contribution is 0.202. The summed E-state index contributed by atoms with van der Waals surface area (Å²) >= 11 is 5.59. The number of aromatic nitrogens is 2. The van der Waals surface area contributed by atoms with Crippen molar-refractivity contribution in [3.63, 3.8) is 0 Å². The highest BCUT2D eigenvalue weighted by Crippen LogP contribution is 2.15. The maximum absolute atomic E-state index is 5.59. The Bertz CT molecular complexity index is 291. The minimum absolute atomic E-state index is 0.239. The molecule has 0 radical (unpaired) electrons. The van der Waals surface area contributed by atoms with Crippen molar-refractivity contribution in [3.8, 4) is 0 Å². The molecular formula is C9H16ClN3O2. The summed E-state index contributed by atoms with van der Waals surface area (Å²) in [7, 11) is 1.66. The molecule has 86 valence electrons. The molecule has 1 aromatic heterocycles. The first-order valence-corrected chi connectivity index (χ1v) is 5.36. The molecule has 15 heavy (non-hydrogen) atoms. The first-order valence-electron chi connectivity index (χ1n) is 4.83. The quantitative estimate of drug-likeness (QED) is 0.700. The van der Waals surface area contributed by atoms with Crippen molar-refractivity contribution in [1.82, 2.24) is 10.2 Å². The number of halogens is 1. The van der Waals surface area contributed by atoms with Crippen LogP contribution in [0.4, 0.5) is 6.01 Å². The summed E-state index contributed by atoms with van der Waals surface area (Å²) in [6.07, 6.45) is 0. The van der Waals surface area contributed by atoms with E-state index < -0.39 is 0 Å². The number of hydrogen-bond donors (Lipinski definition) is 0. The van der Waals surface area contributed by atoms with E-state index in [1.807, 2.05) is 4.90 Å². The van der Waals surface area contributed by atoms with Crippen LogP contribution >= 0.6 is 11.6 Å².